The van der Waals surface area contributed by atoms with E-state index in [-0.39, 0.29) is 23.9 Å². The van der Waals surface area contributed by atoms with E-state index in [0.29, 0.717) is 13.0 Å². The van der Waals surface area contributed by atoms with Gasteiger partial charge in [0.05, 0.1) is 0 Å². The SMILES string of the molecule is CCC(N)(CC)CNC(=O)CCCc1ccc(C)s1.Cl. The molecule has 1 aromatic rings. The van der Waals surface area contributed by atoms with Crippen LogP contribution in [0.25, 0.3) is 0 Å². The van der Waals surface area contributed by atoms with Crippen LogP contribution < -0.4 is 11.1 Å². The van der Waals surface area contributed by atoms with Crippen LogP contribution in [-0.4, -0.2) is 18.0 Å². The highest BCUT2D eigenvalue weighted by atomic mass is 35.5. The largest absolute Gasteiger partial charge is 0.354 e. The monoisotopic (exact) mass is 318 g/mol. The third-order valence-corrected chi connectivity index (χ3v) is 4.73. The molecular formula is C15H27ClN2OS. The minimum absolute atomic E-state index is 0. The fourth-order valence-corrected chi connectivity index (χ4v) is 2.84. The van der Waals surface area contributed by atoms with Gasteiger partial charge in [0.2, 0.25) is 5.91 Å². The zero-order valence-electron chi connectivity index (χ0n) is 12.7. The molecule has 0 saturated heterocycles. The Hall–Kier alpha value is -0.580. The smallest absolute Gasteiger partial charge is 0.220 e. The van der Waals surface area contributed by atoms with Crippen molar-refractivity contribution in [1.82, 2.24) is 5.32 Å². The number of nitrogens with one attached hydrogen (secondary N) is 1. The number of carbonyl (C=O) groups excluding carboxylic acids is 1. The highest BCUT2D eigenvalue weighted by Gasteiger charge is 2.20. The van der Waals surface area contributed by atoms with E-state index in [4.69, 9.17) is 5.73 Å². The third kappa shape index (κ3) is 6.73. The van der Waals surface area contributed by atoms with Gasteiger partial charge in [-0.25, -0.2) is 0 Å². The first-order chi connectivity index (χ1) is 8.99. The van der Waals surface area contributed by atoms with E-state index in [1.54, 1.807) is 0 Å². The van der Waals surface area contributed by atoms with Crippen LogP contribution in [0, 0.1) is 6.92 Å². The van der Waals surface area contributed by atoms with Gasteiger partial charge in [-0.15, -0.1) is 23.7 Å². The molecule has 116 valence electrons. The van der Waals surface area contributed by atoms with Crippen molar-refractivity contribution in [2.24, 2.45) is 5.73 Å². The van der Waals surface area contributed by atoms with Crippen molar-refractivity contribution in [3.05, 3.63) is 21.9 Å². The number of halogens is 1. The fraction of sp³-hybridized carbons (Fsp3) is 0.667. The summed E-state index contributed by atoms with van der Waals surface area (Å²) in [6.45, 7) is 6.82. The Morgan fingerprint density at radius 2 is 2.00 bits per heavy atom. The molecule has 1 aromatic heterocycles. The van der Waals surface area contributed by atoms with Crippen molar-refractivity contribution >= 4 is 29.7 Å². The summed E-state index contributed by atoms with van der Waals surface area (Å²) in [5.41, 5.74) is 5.90. The van der Waals surface area contributed by atoms with Crippen LogP contribution in [0.1, 0.15) is 49.3 Å². The van der Waals surface area contributed by atoms with Crippen LogP contribution in [0.3, 0.4) is 0 Å². The topological polar surface area (TPSA) is 55.1 Å². The lowest BCUT2D eigenvalue weighted by molar-refractivity contribution is -0.121. The maximum absolute atomic E-state index is 11.8. The summed E-state index contributed by atoms with van der Waals surface area (Å²) in [5.74, 6) is 0.116. The Morgan fingerprint density at radius 1 is 1.35 bits per heavy atom. The lowest BCUT2D eigenvalue weighted by Crippen LogP contribution is -2.49. The Bertz CT molecular complexity index is 402. The first-order valence-corrected chi connectivity index (χ1v) is 7.91. The Labute approximate surface area is 132 Å². The Balaban J connectivity index is 0.00000361. The molecule has 1 amide bonds. The van der Waals surface area contributed by atoms with E-state index in [1.165, 1.54) is 9.75 Å². The molecule has 0 aliphatic carbocycles. The lowest BCUT2D eigenvalue weighted by Gasteiger charge is -2.26. The summed E-state index contributed by atoms with van der Waals surface area (Å²) in [6, 6.07) is 4.28. The molecule has 20 heavy (non-hydrogen) atoms. The molecule has 1 heterocycles. The van der Waals surface area contributed by atoms with E-state index in [1.807, 2.05) is 11.3 Å². The van der Waals surface area contributed by atoms with E-state index < -0.39 is 0 Å². The van der Waals surface area contributed by atoms with E-state index in [2.05, 4.69) is 38.2 Å². The Morgan fingerprint density at radius 3 is 2.50 bits per heavy atom. The zero-order valence-corrected chi connectivity index (χ0v) is 14.3. The minimum Gasteiger partial charge on any atom is -0.354 e. The number of rotatable bonds is 8. The molecule has 0 fully saturated rings. The highest BCUT2D eigenvalue weighted by molar-refractivity contribution is 7.11. The molecule has 0 radical (unpaired) electrons. The molecule has 0 unspecified atom stereocenters. The summed E-state index contributed by atoms with van der Waals surface area (Å²) in [6.07, 6.45) is 4.25. The second kappa shape index (κ2) is 9.37. The molecule has 5 heteroatoms. The predicted molar refractivity (Wildman–Crippen MR) is 89.8 cm³/mol. The summed E-state index contributed by atoms with van der Waals surface area (Å²) in [7, 11) is 0. The van der Waals surface area contributed by atoms with Crippen LogP contribution in [-0.2, 0) is 11.2 Å². The fourth-order valence-electron chi connectivity index (χ4n) is 1.91. The number of carbonyl (C=O) groups is 1. The maximum Gasteiger partial charge on any atom is 0.220 e. The number of amides is 1. The average Bonchev–Trinajstić information content (AvgIpc) is 2.82. The molecule has 1 rings (SSSR count). The number of aryl methyl sites for hydroxylation is 2. The quantitative estimate of drug-likeness (QED) is 0.771. The normalized spacial score (nSPS) is 11.0. The molecule has 0 atom stereocenters. The van der Waals surface area contributed by atoms with Gasteiger partial charge in [-0.1, -0.05) is 13.8 Å². The average molecular weight is 319 g/mol. The number of hydrogen-bond acceptors (Lipinski definition) is 3. The Kier molecular flexibility index (Phi) is 9.10. The van der Waals surface area contributed by atoms with Gasteiger partial charge in [-0.3, -0.25) is 4.79 Å². The van der Waals surface area contributed by atoms with E-state index in [0.717, 1.165) is 25.7 Å². The first kappa shape index (κ1) is 19.4. The first-order valence-electron chi connectivity index (χ1n) is 7.10. The number of thiophene rings is 1. The standard InChI is InChI=1S/C15H26N2OS.ClH/c1-4-15(16,5-2)11-17-14(18)8-6-7-13-10-9-12(3)19-13;/h9-10H,4-8,11,16H2,1-3H3,(H,17,18);1H. The lowest BCUT2D eigenvalue weighted by atomic mass is 9.94. The van der Waals surface area contributed by atoms with Crippen LogP contribution in [0.4, 0.5) is 0 Å². The molecular weight excluding hydrogens is 292 g/mol. The van der Waals surface area contributed by atoms with Crippen molar-refractivity contribution in [2.45, 2.75) is 58.4 Å². The molecule has 0 aromatic carbocycles. The van der Waals surface area contributed by atoms with Crippen LogP contribution in [0.2, 0.25) is 0 Å². The van der Waals surface area contributed by atoms with Gasteiger partial charge in [0.25, 0.3) is 0 Å². The molecule has 0 aliphatic rings. The van der Waals surface area contributed by atoms with Crippen molar-refractivity contribution in [1.29, 1.82) is 0 Å². The van der Waals surface area contributed by atoms with Gasteiger partial charge >= 0.3 is 0 Å². The summed E-state index contributed by atoms with van der Waals surface area (Å²) >= 11 is 1.81. The highest BCUT2D eigenvalue weighted by Crippen LogP contribution is 2.17. The van der Waals surface area contributed by atoms with Crippen LogP contribution in [0.5, 0.6) is 0 Å². The van der Waals surface area contributed by atoms with Gasteiger partial charge in [-0.2, -0.15) is 0 Å². The second-order valence-corrected chi connectivity index (χ2v) is 6.58. The third-order valence-electron chi connectivity index (χ3n) is 3.67. The summed E-state index contributed by atoms with van der Waals surface area (Å²) in [4.78, 5) is 14.4. The minimum atomic E-state index is -0.249. The van der Waals surface area contributed by atoms with E-state index in [9.17, 15) is 4.79 Å². The predicted octanol–water partition coefficient (Wildman–Crippen LogP) is 3.43. The summed E-state index contributed by atoms with van der Waals surface area (Å²) < 4.78 is 0. The van der Waals surface area contributed by atoms with Crippen molar-refractivity contribution in [3.8, 4) is 0 Å². The molecule has 3 nitrogen and oxygen atoms in total. The van der Waals surface area contributed by atoms with Crippen LogP contribution in [0.15, 0.2) is 12.1 Å². The second-order valence-electron chi connectivity index (χ2n) is 5.21. The van der Waals surface area contributed by atoms with E-state index >= 15 is 0 Å². The van der Waals surface area contributed by atoms with Gasteiger partial charge in [0.15, 0.2) is 0 Å². The molecule has 0 bridgehead atoms. The number of nitrogens with two attached hydrogens (primary N) is 1. The molecule has 0 saturated carbocycles. The number of hydrogen-bond donors (Lipinski definition) is 2. The van der Waals surface area contributed by atoms with Crippen molar-refractivity contribution in [2.75, 3.05) is 6.54 Å². The zero-order chi connectivity index (χ0) is 14.3. The van der Waals surface area contributed by atoms with Gasteiger partial charge in [-0.05, 0) is 44.7 Å². The summed E-state index contributed by atoms with van der Waals surface area (Å²) in [5, 5.41) is 2.96. The van der Waals surface area contributed by atoms with Gasteiger partial charge < -0.3 is 11.1 Å². The molecule has 0 aliphatic heterocycles. The van der Waals surface area contributed by atoms with Crippen molar-refractivity contribution < 1.29 is 4.79 Å². The van der Waals surface area contributed by atoms with Gasteiger partial charge in [0.1, 0.15) is 0 Å². The molecule has 0 spiro atoms. The molecule has 3 N–H and O–H groups in total. The van der Waals surface area contributed by atoms with Crippen LogP contribution >= 0.6 is 23.7 Å². The van der Waals surface area contributed by atoms with Gasteiger partial charge in [0, 0.05) is 28.3 Å². The van der Waals surface area contributed by atoms with Crippen molar-refractivity contribution in [3.63, 3.8) is 0 Å². The maximum atomic E-state index is 11.8.